The van der Waals surface area contributed by atoms with Crippen LogP contribution in [-0.2, 0) is 11.2 Å². The molecule has 1 aliphatic heterocycles. The van der Waals surface area contributed by atoms with Gasteiger partial charge in [-0.05, 0) is 55.8 Å². The minimum Gasteiger partial charge on any atom is -0.494 e. The molecule has 1 fully saturated rings. The number of benzene rings is 1. The molecule has 0 N–H and O–H groups in total. The lowest BCUT2D eigenvalue weighted by molar-refractivity contribution is 0.0363. The third-order valence-electron chi connectivity index (χ3n) is 5.52. The second kappa shape index (κ2) is 7.58. The van der Waals surface area contributed by atoms with E-state index in [1.165, 1.54) is 30.5 Å². The van der Waals surface area contributed by atoms with Crippen LogP contribution in [0.5, 0.6) is 5.75 Å². The average molecular weight is 341 g/mol. The van der Waals surface area contributed by atoms with Crippen LogP contribution in [0.15, 0.2) is 30.5 Å². The van der Waals surface area contributed by atoms with Crippen molar-refractivity contribution in [1.82, 2.24) is 14.7 Å². The first-order valence-corrected chi connectivity index (χ1v) is 9.37. The van der Waals surface area contributed by atoms with Crippen LogP contribution >= 0.6 is 0 Å². The lowest BCUT2D eigenvalue weighted by Gasteiger charge is -2.29. The molecule has 1 aliphatic carbocycles. The number of nitrogens with zero attached hydrogens (tertiary/aromatic N) is 3. The van der Waals surface area contributed by atoms with Crippen molar-refractivity contribution < 1.29 is 9.47 Å². The molecule has 2 heterocycles. The SMILES string of the molecule is COc1ccccc1-n1ncc2c1CCCC2CCN1CCOCC1. The first-order valence-electron chi connectivity index (χ1n) is 9.37. The van der Waals surface area contributed by atoms with Gasteiger partial charge in [0.25, 0.3) is 0 Å². The summed E-state index contributed by atoms with van der Waals surface area (Å²) in [6.45, 7) is 5.05. The molecular weight excluding hydrogens is 314 g/mol. The average Bonchev–Trinajstić information content (AvgIpc) is 3.11. The third kappa shape index (κ3) is 3.44. The monoisotopic (exact) mass is 341 g/mol. The fourth-order valence-corrected chi connectivity index (χ4v) is 4.12. The van der Waals surface area contributed by atoms with Crippen molar-refractivity contribution in [3.63, 3.8) is 0 Å². The zero-order chi connectivity index (χ0) is 17.1. The summed E-state index contributed by atoms with van der Waals surface area (Å²) < 4.78 is 13.1. The zero-order valence-corrected chi connectivity index (χ0v) is 15.0. The maximum absolute atomic E-state index is 5.53. The van der Waals surface area contributed by atoms with Crippen LogP contribution < -0.4 is 4.74 Å². The van der Waals surface area contributed by atoms with Crippen LogP contribution in [-0.4, -0.2) is 54.6 Å². The molecule has 0 amide bonds. The Balaban J connectivity index is 1.53. The van der Waals surface area contributed by atoms with Crippen LogP contribution in [0, 0.1) is 0 Å². The standard InChI is InChI=1S/C20H27N3O2/c1-24-20-8-3-2-6-19(20)23-18-7-4-5-16(17(18)15-21-23)9-10-22-11-13-25-14-12-22/h2-3,6,8,15-16H,4-5,7,9-14H2,1H3. The highest BCUT2D eigenvalue weighted by Crippen LogP contribution is 2.36. The van der Waals surface area contributed by atoms with Gasteiger partial charge in [0.15, 0.2) is 0 Å². The fraction of sp³-hybridized carbons (Fsp3) is 0.550. The highest BCUT2D eigenvalue weighted by Gasteiger charge is 2.26. The Kier molecular flexibility index (Phi) is 5.04. The Morgan fingerprint density at radius 2 is 2.08 bits per heavy atom. The lowest BCUT2D eigenvalue weighted by atomic mass is 9.84. The molecule has 1 aromatic carbocycles. The first kappa shape index (κ1) is 16.6. The number of rotatable bonds is 5. The highest BCUT2D eigenvalue weighted by molar-refractivity contribution is 5.48. The quantitative estimate of drug-likeness (QED) is 0.838. The number of ether oxygens (including phenoxy) is 2. The molecule has 5 heteroatoms. The molecule has 2 aliphatic rings. The minimum atomic E-state index is 0.620. The summed E-state index contributed by atoms with van der Waals surface area (Å²) in [5.74, 6) is 1.50. The van der Waals surface area contributed by atoms with Crippen molar-refractivity contribution in [2.24, 2.45) is 0 Å². The van der Waals surface area contributed by atoms with Crippen LogP contribution in [0.3, 0.4) is 0 Å². The van der Waals surface area contributed by atoms with Gasteiger partial charge in [-0.1, -0.05) is 12.1 Å². The van der Waals surface area contributed by atoms with E-state index in [9.17, 15) is 0 Å². The van der Waals surface area contributed by atoms with Crippen molar-refractivity contribution in [1.29, 1.82) is 0 Å². The van der Waals surface area contributed by atoms with Crippen molar-refractivity contribution >= 4 is 0 Å². The summed E-state index contributed by atoms with van der Waals surface area (Å²) in [4.78, 5) is 2.53. The Hall–Kier alpha value is -1.85. The highest BCUT2D eigenvalue weighted by atomic mass is 16.5. The summed E-state index contributed by atoms with van der Waals surface area (Å²) in [6.07, 6.45) is 6.91. The molecule has 1 aromatic heterocycles. The van der Waals surface area contributed by atoms with Gasteiger partial charge in [-0.25, -0.2) is 4.68 Å². The topological polar surface area (TPSA) is 39.5 Å². The second-order valence-corrected chi connectivity index (χ2v) is 6.96. The molecule has 25 heavy (non-hydrogen) atoms. The van der Waals surface area contributed by atoms with Crippen molar-refractivity contribution in [3.8, 4) is 11.4 Å². The number of methoxy groups -OCH3 is 1. The maximum atomic E-state index is 5.53. The minimum absolute atomic E-state index is 0.620. The van der Waals surface area contributed by atoms with Gasteiger partial charge in [-0.15, -0.1) is 0 Å². The van der Waals surface area contributed by atoms with Gasteiger partial charge in [0, 0.05) is 18.8 Å². The predicted molar refractivity (Wildman–Crippen MR) is 97.7 cm³/mol. The number of hydrogen-bond donors (Lipinski definition) is 0. The van der Waals surface area contributed by atoms with Crippen molar-refractivity contribution in [2.75, 3.05) is 40.0 Å². The predicted octanol–water partition coefficient (Wildman–Crippen LogP) is 3.02. The molecule has 5 nitrogen and oxygen atoms in total. The molecule has 1 unspecified atom stereocenters. The van der Waals surface area contributed by atoms with E-state index in [-0.39, 0.29) is 0 Å². The number of hydrogen-bond acceptors (Lipinski definition) is 4. The zero-order valence-electron chi connectivity index (χ0n) is 15.0. The van der Waals surface area contributed by atoms with Crippen molar-refractivity contribution in [3.05, 3.63) is 41.7 Å². The number of para-hydroxylation sites is 2. The van der Waals surface area contributed by atoms with Gasteiger partial charge in [0.1, 0.15) is 11.4 Å². The molecular formula is C20H27N3O2. The Morgan fingerprint density at radius 3 is 2.92 bits per heavy atom. The van der Waals surface area contributed by atoms with E-state index in [1.807, 2.05) is 18.2 Å². The largest absolute Gasteiger partial charge is 0.494 e. The van der Waals surface area contributed by atoms with E-state index in [1.54, 1.807) is 7.11 Å². The van der Waals surface area contributed by atoms with Gasteiger partial charge in [-0.3, -0.25) is 4.90 Å². The summed E-state index contributed by atoms with van der Waals surface area (Å²) in [5.41, 5.74) is 3.84. The molecule has 1 saturated heterocycles. The maximum Gasteiger partial charge on any atom is 0.144 e. The van der Waals surface area contributed by atoms with Crippen LogP contribution in [0.4, 0.5) is 0 Å². The van der Waals surface area contributed by atoms with Gasteiger partial charge in [0.05, 0.1) is 26.5 Å². The molecule has 1 atom stereocenters. The first-order chi connectivity index (χ1) is 12.4. The van der Waals surface area contributed by atoms with E-state index < -0.39 is 0 Å². The lowest BCUT2D eigenvalue weighted by Crippen LogP contribution is -2.37. The van der Waals surface area contributed by atoms with Crippen LogP contribution in [0.25, 0.3) is 5.69 Å². The molecule has 0 bridgehead atoms. The number of fused-ring (bicyclic) bond motifs is 1. The Morgan fingerprint density at radius 1 is 1.24 bits per heavy atom. The molecule has 0 spiro atoms. The molecule has 2 aromatic rings. The molecule has 0 saturated carbocycles. The Labute approximate surface area is 149 Å². The van der Waals surface area contributed by atoms with E-state index in [0.29, 0.717) is 5.92 Å². The van der Waals surface area contributed by atoms with E-state index >= 15 is 0 Å². The normalized spacial score (nSPS) is 21.1. The van der Waals surface area contributed by atoms with E-state index in [4.69, 9.17) is 14.6 Å². The van der Waals surface area contributed by atoms with Crippen LogP contribution in [0.2, 0.25) is 0 Å². The summed E-state index contributed by atoms with van der Waals surface area (Å²) in [6, 6.07) is 8.14. The number of aromatic nitrogens is 2. The van der Waals surface area contributed by atoms with Gasteiger partial charge in [0.2, 0.25) is 0 Å². The molecule has 134 valence electrons. The van der Waals surface area contributed by atoms with Gasteiger partial charge in [-0.2, -0.15) is 5.10 Å². The summed E-state index contributed by atoms with van der Waals surface area (Å²) >= 11 is 0. The molecule has 0 radical (unpaired) electrons. The van der Waals surface area contributed by atoms with Gasteiger partial charge >= 0.3 is 0 Å². The van der Waals surface area contributed by atoms with Crippen LogP contribution in [0.1, 0.15) is 36.4 Å². The van der Waals surface area contributed by atoms with E-state index in [0.717, 1.165) is 50.7 Å². The summed E-state index contributed by atoms with van der Waals surface area (Å²) in [7, 11) is 1.72. The number of morpholine rings is 1. The smallest absolute Gasteiger partial charge is 0.144 e. The van der Waals surface area contributed by atoms with Gasteiger partial charge < -0.3 is 9.47 Å². The molecule has 4 rings (SSSR count). The van der Waals surface area contributed by atoms with Crippen molar-refractivity contribution in [2.45, 2.75) is 31.6 Å². The third-order valence-corrected chi connectivity index (χ3v) is 5.52. The Bertz CT molecular complexity index is 707. The van der Waals surface area contributed by atoms with E-state index in [2.05, 4.69) is 21.8 Å². The summed E-state index contributed by atoms with van der Waals surface area (Å²) in [5, 5.41) is 4.72. The fourth-order valence-electron chi connectivity index (χ4n) is 4.12. The second-order valence-electron chi connectivity index (χ2n) is 6.96.